The van der Waals surface area contributed by atoms with Crippen LogP contribution >= 0.6 is 0 Å². The van der Waals surface area contributed by atoms with Crippen LogP contribution in [0, 0.1) is 35.0 Å². The molecule has 3 saturated carbocycles. The molecule has 0 N–H and O–H groups in total. The van der Waals surface area contributed by atoms with Gasteiger partial charge in [-0.15, -0.1) is 0 Å². The average molecular weight is 360 g/mol. The molecule has 5 atom stereocenters. The van der Waals surface area contributed by atoms with Crippen LogP contribution in [0.25, 0.3) is 0 Å². The molecule has 0 aromatic carbocycles. The maximum Gasteiger partial charge on any atom is 0.155 e. The van der Waals surface area contributed by atoms with E-state index >= 15 is 0 Å². The number of fused-ring (bicyclic) bond motifs is 5. The van der Waals surface area contributed by atoms with Crippen molar-refractivity contribution in [1.82, 2.24) is 0 Å². The maximum absolute atomic E-state index is 11.8. The number of carbonyl (C=O) groups is 1. The Kier molecular flexibility index (Phi) is 4.33. The summed E-state index contributed by atoms with van der Waals surface area (Å²) in [6, 6.07) is 0. The van der Waals surface area contributed by atoms with Gasteiger partial charge >= 0.3 is 0 Å². The van der Waals surface area contributed by atoms with Gasteiger partial charge in [0.1, 0.15) is 0 Å². The van der Waals surface area contributed by atoms with Crippen molar-refractivity contribution in [2.75, 3.05) is 0 Å². The van der Waals surface area contributed by atoms with Gasteiger partial charge in [0.2, 0.25) is 0 Å². The molecule has 113 valence electrons. The summed E-state index contributed by atoms with van der Waals surface area (Å²) in [6.45, 7) is 4.99. The summed E-state index contributed by atoms with van der Waals surface area (Å²) in [7, 11) is 0. The summed E-state index contributed by atoms with van der Waals surface area (Å²) in [5.41, 5.74) is 2.38. The van der Waals surface area contributed by atoms with Crippen molar-refractivity contribution >= 4 is 5.78 Å². The van der Waals surface area contributed by atoms with Crippen LogP contribution in [0.2, 0.25) is 0 Å². The Balaban J connectivity index is 0.00000132. The summed E-state index contributed by atoms with van der Waals surface area (Å²) in [6.07, 6.45) is 14.6. The van der Waals surface area contributed by atoms with Gasteiger partial charge in [-0.2, -0.15) is 11.8 Å². The van der Waals surface area contributed by atoms with Gasteiger partial charge in [0, 0.05) is 39.1 Å². The minimum absolute atomic E-state index is 0. The van der Waals surface area contributed by atoms with Crippen LogP contribution in [-0.2, 0) is 37.5 Å². The van der Waals surface area contributed by atoms with Gasteiger partial charge in [0.15, 0.2) is 5.78 Å². The van der Waals surface area contributed by atoms with Gasteiger partial charge in [-0.3, -0.25) is 4.79 Å². The van der Waals surface area contributed by atoms with Crippen LogP contribution < -0.4 is 0 Å². The number of carbonyl (C=O) groups excluding carboxylic acids is 1. The van der Waals surface area contributed by atoms with Crippen molar-refractivity contribution in [2.45, 2.75) is 65.2 Å². The van der Waals surface area contributed by atoms with Gasteiger partial charge in [0.05, 0.1) is 0 Å². The number of ketones is 1. The first-order valence-corrected chi connectivity index (χ1v) is 8.61. The fraction of sp³-hybridized carbons (Fsp3) is 0.789. The monoisotopic (exact) mass is 360 g/mol. The van der Waals surface area contributed by atoms with Crippen LogP contribution in [-0.4, -0.2) is 5.78 Å². The number of allylic oxidation sites excluding steroid dienone is 1. The van der Waals surface area contributed by atoms with E-state index in [-0.39, 0.29) is 32.7 Å². The van der Waals surface area contributed by atoms with Gasteiger partial charge in [-0.1, -0.05) is 44.6 Å². The Morgan fingerprint density at radius 1 is 1.10 bits per heavy atom. The van der Waals surface area contributed by atoms with E-state index in [2.05, 4.69) is 20.3 Å². The van der Waals surface area contributed by atoms with Crippen molar-refractivity contribution < 1.29 is 37.5 Å². The van der Waals surface area contributed by atoms with Crippen LogP contribution in [0.15, 0.2) is 11.6 Å². The predicted octanol–water partition coefficient (Wildman–Crippen LogP) is 4.72. The molecule has 0 bridgehead atoms. The Bertz CT molecular complexity index is 482. The van der Waals surface area contributed by atoms with E-state index in [1.165, 1.54) is 44.1 Å². The van der Waals surface area contributed by atoms with Crippen molar-refractivity contribution in [3.05, 3.63) is 18.1 Å². The molecule has 0 amide bonds. The van der Waals surface area contributed by atoms with E-state index in [0.29, 0.717) is 16.6 Å². The Morgan fingerprint density at radius 3 is 2.71 bits per heavy atom. The zero-order valence-corrected chi connectivity index (χ0v) is 16.4. The third kappa shape index (κ3) is 2.37. The van der Waals surface area contributed by atoms with Crippen LogP contribution in [0.3, 0.4) is 0 Å². The Hall–Kier alpha value is 0.514. The molecule has 5 unspecified atom stereocenters. The standard InChI is InChI=1S/C19H27O.Y/c1-18-9-3-4-16(18)15-6-5-13-12-14(20)7-11-19(13,2)17(15)8-10-18;/h9,12,15-17H,3-8,10-11H2,1-2H3;/q-1;. The quantitative estimate of drug-likeness (QED) is 0.572. The molecule has 21 heavy (non-hydrogen) atoms. The summed E-state index contributed by atoms with van der Waals surface area (Å²) < 4.78 is 0. The fourth-order valence-corrected chi connectivity index (χ4v) is 6.30. The van der Waals surface area contributed by atoms with Gasteiger partial charge in [-0.25, -0.2) is 0 Å². The molecule has 1 radical (unpaired) electrons. The molecule has 0 aromatic rings. The third-order valence-corrected chi connectivity index (χ3v) is 7.49. The second kappa shape index (κ2) is 5.55. The van der Waals surface area contributed by atoms with Crippen molar-refractivity contribution in [3.63, 3.8) is 0 Å². The Morgan fingerprint density at radius 2 is 1.90 bits per heavy atom. The van der Waals surface area contributed by atoms with Crippen LogP contribution in [0.5, 0.6) is 0 Å². The first-order valence-electron chi connectivity index (χ1n) is 8.61. The summed E-state index contributed by atoms with van der Waals surface area (Å²) in [5.74, 6) is 3.08. The molecule has 0 aliphatic heterocycles. The van der Waals surface area contributed by atoms with E-state index in [1.54, 1.807) is 0 Å². The first-order chi connectivity index (χ1) is 9.53. The van der Waals surface area contributed by atoms with E-state index in [1.807, 2.05) is 6.08 Å². The van der Waals surface area contributed by atoms with Crippen molar-refractivity contribution in [1.29, 1.82) is 0 Å². The van der Waals surface area contributed by atoms with E-state index in [4.69, 9.17) is 0 Å². The normalized spacial score (nSPS) is 48.6. The molecule has 1 nitrogen and oxygen atoms in total. The van der Waals surface area contributed by atoms with Crippen LogP contribution in [0.1, 0.15) is 65.2 Å². The molecule has 4 aliphatic rings. The maximum atomic E-state index is 11.8. The topological polar surface area (TPSA) is 17.1 Å². The largest absolute Gasteiger partial charge is 0.322 e. The number of hydrogen-bond donors (Lipinski definition) is 0. The summed E-state index contributed by atoms with van der Waals surface area (Å²) in [4.78, 5) is 11.8. The summed E-state index contributed by atoms with van der Waals surface area (Å²) in [5, 5.41) is 0. The fourth-order valence-electron chi connectivity index (χ4n) is 6.30. The van der Waals surface area contributed by atoms with E-state index in [0.717, 1.165) is 30.6 Å². The molecule has 0 spiro atoms. The predicted molar refractivity (Wildman–Crippen MR) is 81.0 cm³/mol. The van der Waals surface area contributed by atoms with Gasteiger partial charge < -0.3 is 6.42 Å². The second-order valence-corrected chi connectivity index (χ2v) is 8.29. The SMILES string of the molecule is CC12[CH-]CCC1C1CCC3=CC(=O)CCC3(C)C1CC2.[Y]. The van der Waals surface area contributed by atoms with Gasteiger partial charge in [0.25, 0.3) is 0 Å². The molecule has 0 heterocycles. The third-order valence-electron chi connectivity index (χ3n) is 7.49. The van der Waals surface area contributed by atoms with E-state index < -0.39 is 0 Å². The van der Waals surface area contributed by atoms with Crippen molar-refractivity contribution in [2.24, 2.45) is 28.6 Å². The molecule has 3 fully saturated rings. The smallest absolute Gasteiger partial charge is 0.155 e. The summed E-state index contributed by atoms with van der Waals surface area (Å²) >= 11 is 0. The first kappa shape index (κ1) is 16.4. The number of rotatable bonds is 0. The zero-order chi connectivity index (χ0) is 14.0. The molecular formula is C19H27OY-. The second-order valence-electron chi connectivity index (χ2n) is 8.29. The molecule has 2 heteroatoms. The van der Waals surface area contributed by atoms with E-state index in [9.17, 15) is 4.79 Å². The molecular weight excluding hydrogens is 333 g/mol. The average Bonchev–Trinajstić information content (AvgIpc) is 2.81. The molecule has 4 aliphatic carbocycles. The van der Waals surface area contributed by atoms with Crippen molar-refractivity contribution in [3.8, 4) is 0 Å². The Labute approximate surface area is 154 Å². The minimum atomic E-state index is 0. The molecule has 4 rings (SSSR count). The molecule has 0 saturated heterocycles. The zero-order valence-electron chi connectivity index (χ0n) is 13.5. The van der Waals surface area contributed by atoms with Gasteiger partial charge in [-0.05, 0) is 42.6 Å². The van der Waals surface area contributed by atoms with Crippen LogP contribution in [0.4, 0.5) is 0 Å². The minimum Gasteiger partial charge on any atom is -0.322 e. The number of hydrogen-bond acceptors (Lipinski definition) is 1. The molecule has 0 aromatic heterocycles.